The zero-order valence-electron chi connectivity index (χ0n) is 12.4. The second kappa shape index (κ2) is 6.93. The van der Waals surface area contributed by atoms with Crippen molar-refractivity contribution in [3.8, 4) is 5.75 Å². The quantitative estimate of drug-likeness (QED) is 0.809. The Hall–Kier alpha value is -2.04. The molecule has 0 radical (unpaired) electrons. The van der Waals surface area contributed by atoms with E-state index in [-0.39, 0.29) is 5.91 Å². The first kappa shape index (κ1) is 16.0. The van der Waals surface area contributed by atoms with Gasteiger partial charge in [0.1, 0.15) is 5.75 Å². The van der Waals surface area contributed by atoms with Gasteiger partial charge in [-0.05, 0) is 38.5 Å². The summed E-state index contributed by atoms with van der Waals surface area (Å²) in [5, 5.41) is 2.71. The van der Waals surface area contributed by atoms with Crippen molar-refractivity contribution in [1.29, 1.82) is 0 Å². The van der Waals surface area contributed by atoms with Crippen LogP contribution in [0.25, 0.3) is 0 Å². The Morgan fingerprint density at radius 3 is 2.30 bits per heavy atom. The number of nitrogens with one attached hydrogen (secondary N) is 1. The molecule has 110 valence electrons. The van der Waals surface area contributed by atoms with Gasteiger partial charge in [-0.3, -0.25) is 4.79 Å². The van der Waals surface area contributed by atoms with Gasteiger partial charge in [0, 0.05) is 13.5 Å². The summed E-state index contributed by atoms with van der Waals surface area (Å²) in [4.78, 5) is 22.5. The molecule has 1 rings (SSSR count). The van der Waals surface area contributed by atoms with Crippen LogP contribution < -0.4 is 10.1 Å². The van der Waals surface area contributed by atoms with E-state index in [0.29, 0.717) is 18.9 Å². The van der Waals surface area contributed by atoms with E-state index in [2.05, 4.69) is 5.32 Å². The fourth-order valence-corrected chi connectivity index (χ4v) is 1.54. The molecule has 0 aliphatic heterocycles. The van der Waals surface area contributed by atoms with Crippen LogP contribution in [-0.4, -0.2) is 24.1 Å². The summed E-state index contributed by atoms with van der Waals surface area (Å²) in [6.07, 6.45) is 0. The number of carbonyl (C=O) groups is 2. The van der Waals surface area contributed by atoms with Gasteiger partial charge in [-0.2, -0.15) is 0 Å². The first-order valence-corrected chi connectivity index (χ1v) is 6.54. The van der Waals surface area contributed by atoms with Gasteiger partial charge in [-0.1, -0.05) is 12.1 Å². The highest BCUT2D eigenvalue weighted by atomic mass is 16.6. The van der Waals surface area contributed by atoms with Crippen LogP contribution in [0, 0.1) is 0 Å². The number of rotatable bonds is 6. The van der Waals surface area contributed by atoms with Crippen molar-refractivity contribution in [3.63, 3.8) is 0 Å². The van der Waals surface area contributed by atoms with Gasteiger partial charge in [0.05, 0.1) is 6.61 Å². The van der Waals surface area contributed by atoms with Crippen LogP contribution in [0.4, 0.5) is 0 Å². The van der Waals surface area contributed by atoms with Crippen molar-refractivity contribution in [2.75, 3.05) is 6.61 Å². The smallest absolute Gasteiger partial charge is 0.349 e. The van der Waals surface area contributed by atoms with Gasteiger partial charge in [0.25, 0.3) is 0 Å². The number of carbonyl (C=O) groups excluding carboxylic acids is 2. The van der Waals surface area contributed by atoms with E-state index in [4.69, 9.17) is 9.47 Å². The summed E-state index contributed by atoms with van der Waals surface area (Å²) in [6, 6.07) is 7.20. The molecule has 1 amide bonds. The average molecular weight is 279 g/mol. The third kappa shape index (κ3) is 4.91. The largest absolute Gasteiger partial charge is 0.476 e. The first-order valence-electron chi connectivity index (χ1n) is 6.54. The van der Waals surface area contributed by atoms with Crippen molar-refractivity contribution in [1.82, 2.24) is 5.32 Å². The van der Waals surface area contributed by atoms with E-state index in [1.165, 1.54) is 6.92 Å². The Balaban J connectivity index is 2.64. The molecule has 0 saturated heterocycles. The Bertz CT molecular complexity index is 465. The summed E-state index contributed by atoms with van der Waals surface area (Å²) < 4.78 is 10.6. The van der Waals surface area contributed by atoms with Gasteiger partial charge in [-0.15, -0.1) is 0 Å². The van der Waals surface area contributed by atoms with Crippen LogP contribution in [0.1, 0.15) is 33.3 Å². The fraction of sp³-hybridized carbons (Fsp3) is 0.467. The van der Waals surface area contributed by atoms with E-state index >= 15 is 0 Å². The van der Waals surface area contributed by atoms with E-state index in [9.17, 15) is 9.59 Å². The summed E-state index contributed by atoms with van der Waals surface area (Å²) in [7, 11) is 0. The third-order valence-corrected chi connectivity index (χ3v) is 2.60. The minimum atomic E-state index is -1.03. The van der Waals surface area contributed by atoms with E-state index in [1.54, 1.807) is 32.9 Å². The maximum atomic E-state index is 11.7. The number of amides is 1. The molecule has 0 aliphatic carbocycles. The molecular formula is C15H21NO4. The normalized spacial score (nSPS) is 10.8. The van der Waals surface area contributed by atoms with Crippen LogP contribution in [0.15, 0.2) is 24.3 Å². The molecule has 5 heteroatoms. The van der Waals surface area contributed by atoms with Crippen molar-refractivity contribution in [3.05, 3.63) is 29.8 Å². The number of hydrogen-bond donors (Lipinski definition) is 1. The minimum Gasteiger partial charge on any atom is -0.476 e. The third-order valence-electron chi connectivity index (χ3n) is 2.60. The van der Waals surface area contributed by atoms with Gasteiger partial charge < -0.3 is 14.8 Å². The lowest BCUT2D eigenvalue weighted by Gasteiger charge is -2.24. The number of benzene rings is 1. The van der Waals surface area contributed by atoms with Crippen LogP contribution >= 0.6 is 0 Å². The predicted octanol–water partition coefficient (Wildman–Crippen LogP) is 2.04. The maximum Gasteiger partial charge on any atom is 0.349 e. The monoisotopic (exact) mass is 279 g/mol. The van der Waals surface area contributed by atoms with E-state index in [0.717, 1.165) is 5.56 Å². The highest BCUT2D eigenvalue weighted by Crippen LogP contribution is 2.20. The lowest BCUT2D eigenvalue weighted by atomic mass is 10.1. The molecule has 0 saturated carbocycles. The zero-order valence-corrected chi connectivity index (χ0v) is 12.4. The number of hydrogen-bond acceptors (Lipinski definition) is 4. The molecule has 20 heavy (non-hydrogen) atoms. The molecular weight excluding hydrogens is 258 g/mol. The molecule has 0 atom stereocenters. The minimum absolute atomic E-state index is 0.0752. The van der Waals surface area contributed by atoms with Crippen molar-refractivity contribution < 1.29 is 19.1 Å². The van der Waals surface area contributed by atoms with Crippen LogP contribution in [0.5, 0.6) is 5.75 Å². The maximum absolute atomic E-state index is 11.7. The standard InChI is InChI=1S/C15H21NO4/c1-5-19-14(18)15(3,4)20-13-8-6-12(7-9-13)10-16-11(2)17/h6-9H,5,10H2,1-4H3,(H,16,17). The Kier molecular flexibility index (Phi) is 5.55. The molecule has 0 heterocycles. The van der Waals surface area contributed by atoms with Gasteiger partial charge in [0.2, 0.25) is 5.91 Å². The van der Waals surface area contributed by atoms with Crippen molar-refractivity contribution in [2.24, 2.45) is 0 Å². The molecule has 0 unspecified atom stereocenters. The van der Waals surface area contributed by atoms with Crippen LogP contribution in [-0.2, 0) is 20.9 Å². The highest BCUT2D eigenvalue weighted by Gasteiger charge is 2.31. The second-order valence-corrected chi connectivity index (χ2v) is 4.89. The topological polar surface area (TPSA) is 64.6 Å². The lowest BCUT2D eigenvalue weighted by molar-refractivity contribution is -0.158. The SMILES string of the molecule is CCOC(=O)C(C)(C)Oc1ccc(CNC(C)=O)cc1. The molecule has 0 bridgehead atoms. The first-order chi connectivity index (χ1) is 9.35. The second-order valence-electron chi connectivity index (χ2n) is 4.89. The molecule has 1 aromatic carbocycles. The molecule has 0 aliphatic rings. The molecule has 0 spiro atoms. The molecule has 5 nitrogen and oxygen atoms in total. The van der Waals surface area contributed by atoms with Crippen LogP contribution in [0.3, 0.4) is 0 Å². The molecule has 0 fully saturated rings. The highest BCUT2D eigenvalue weighted by molar-refractivity contribution is 5.79. The van der Waals surface area contributed by atoms with Crippen molar-refractivity contribution >= 4 is 11.9 Å². The molecule has 1 N–H and O–H groups in total. The van der Waals surface area contributed by atoms with E-state index < -0.39 is 11.6 Å². The number of esters is 1. The average Bonchev–Trinajstić information content (AvgIpc) is 2.37. The summed E-state index contributed by atoms with van der Waals surface area (Å²) in [6.45, 7) is 7.34. The van der Waals surface area contributed by atoms with Crippen molar-refractivity contribution in [2.45, 2.75) is 39.8 Å². The zero-order chi connectivity index (χ0) is 15.2. The summed E-state index contributed by atoms with van der Waals surface area (Å²) >= 11 is 0. The molecule has 1 aromatic rings. The predicted molar refractivity (Wildman–Crippen MR) is 75.3 cm³/mol. The van der Waals surface area contributed by atoms with Crippen LogP contribution in [0.2, 0.25) is 0 Å². The lowest BCUT2D eigenvalue weighted by Crippen LogP contribution is -2.39. The summed E-state index contributed by atoms with van der Waals surface area (Å²) in [5.41, 5.74) is -0.0729. The number of ether oxygens (including phenoxy) is 2. The van der Waals surface area contributed by atoms with Gasteiger partial charge >= 0.3 is 5.97 Å². The Morgan fingerprint density at radius 1 is 1.20 bits per heavy atom. The van der Waals surface area contributed by atoms with Gasteiger partial charge in [0.15, 0.2) is 5.60 Å². The Labute approximate surface area is 119 Å². The molecule has 0 aromatic heterocycles. The summed E-state index contributed by atoms with van der Waals surface area (Å²) in [5.74, 6) is 0.103. The van der Waals surface area contributed by atoms with Gasteiger partial charge in [-0.25, -0.2) is 4.79 Å². The fourth-order valence-electron chi connectivity index (χ4n) is 1.54. The Morgan fingerprint density at radius 2 is 1.80 bits per heavy atom. The van der Waals surface area contributed by atoms with E-state index in [1.807, 2.05) is 12.1 Å².